The fourth-order valence-electron chi connectivity index (χ4n) is 3.03. The summed E-state index contributed by atoms with van der Waals surface area (Å²) < 4.78 is 1.12. The molecule has 1 aliphatic heterocycles. The number of carbonyl (C=O) groups is 2. The van der Waals surface area contributed by atoms with Crippen LogP contribution in [0.4, 0.5) is 5.69 Å². The summed E-state index contributed by atoms with van der Waals surface area (Å²) in [6.07, 6.45) is 0. The second kappa shape index (κ2) is 11.4. The van der Waals surface area contributed by atoms with E-state index in [1.54, 1.807) is 18.2 Å². The summed E-state index contributed by atoms with van der Waals surface area (Å²) in [5.74, 6) is -3.65. The van der Waals surface area contributed by atoms with Gasteiger partial charge in [-0.25, -0.2) is 9.59 Å². The van der Waals surface area contributed by atoms with Crippen molar-refractivity contribution < 1.29 is 24.7 Å². The first-order valence-corrected chi connectivity index (χ1v) is 9.92. The average molecular weight is 480 g/mol. The van der Waals surface area contributed by atoms with Gasteiger partial charge >= 0.3 is 11.9 Å². The number of carboxylic acids is 2. The van der Waals surface area contributed by atoms with Gasteiger partial charge < -0.3 is 10.2 Å². The molecule has 0 unspecified atom stereocenters. The van der Waals surface area contributed by atoms with E-state index < -0.39 is 11.9 Å². The van der Waals surface area contributed by atoms with Gasteiger partial charge in [0.15, 0.2) is 0 Å². The molecule has 10 heteroatoms. The Labute approximate surface area is 181 Å². The third-order valence-electron chi connectivity index (χ3n) is 4.47. The average Bonchev–Trinajstić information content (AvgIpc) is 2.70. The summed E-state index contributed by atoms with van der Waals surface area (Å²) in [4.78, 5) is 33.5. The van der Waals surface area contributed by atoms with Gasteiger partial charge in [-0.2, -0.15) is 0 Å². The van der Waals surface area contributed by atoms with E-state index in [0.29, 0.717) is 0 Å². The molecule has 0 amide bonds. The van der Waals surface area contributed by atoms with E-state index in [9.17, 15) is 10.1 Å². The molecule has 0 bridgehead atoms. The van der Waals surface area contributed by atoms with Crippen LogP contribution in [0, 0.1) is 10.1 Å². The summed E-state index contributed by atoms with van der Waals surface area (Å²) in [7, 11) is 0. The van der Waals surface area contributed by atoms with E-state index in [1.165, 1.54) is 5.56 Å². The second-order valence-electron chi connectivity index (χ2n) is 6.72. The van der Waals surface area contributed by atoms with Gasteiger partial charge in [-0.15, -0.1) is 0 Å². The molecule has 9 nitrogen and oxygen atoms in total. The monoisotopic (exact) mass is 479 g/mol. The van der Waals surface area contributed by atoms with Crippen LogP contribution in [0.2, 0.25) is 0 Å². The number of hydrogen-bond acceptors (Lipinski definition) is 6. The van der Waals surface area contributed by atoms with Crippen molar-refractivity contribution in [1.82, 2.24) is 9.80 Å². The van der Waals surface area contributed by atoms with Gasteiger partial charge in [0.25, 0.3) is 5.69 Å². The maximum Gasteiger partial charge on any atom is 0.414 e. The quantitative estimate of drug-likeness (QED) is 0.381. The van der Waals surface area contributed by atoms with Gasteiger partial charge in [0.2, 0.25) is 0 Å². The summed E-state index contributed by atoms with van der Waals surface area (Å²) in [5.41, 5.74) is 2.49. The molecule has 2 aromatic carbocycles. The number of aliphatic carboxylic acids is 2. The van der Waals surface area contributed by atoms with Crippen LogP contribution in [0.3, 0.4) is 0 Å². The summed E-state index contributed by atoms with van der Waals surface area (Å²) >= 11 is 3.51. The van der Waals surface area contributed by atoms with Crippen LogP contribution in [-0.2, 0) is 22.7 Å². The largest absolute Gasteiger partial charge is 0.473 e. The number of piperazine rings is 1. The number of benzene rings is 2. The van der Waals surface area contributed by atoms with Gasteiger partial charge in [0, 0.05) is 55.9 Å². The third kappa shape index (κ3) is 7.90. The van der Waals surface area contributed by atoms with Crippen LogP contribution in [0.15, 0.2) is 53.0 Å². The lowest BCUT2D eigenvalue weighted by Gasteiger charge is -2.34. The molecule has 0 radical (unpaired) electrons. The van der Waals surface area contributed by atoms with E-state index in [4.69, 9.17) is 19.8 Å². The molecule has 0 aliphatic carbocycles. The van der Waals surface area contributed by atoms with Crippen molar-refractivity contribution in [3.05, 3.63) is 74.2 Å². The van der Waals surface area contributed by atoms with Crippen LogP contribution in [0.5, 0.6) is 0 Å². The highest BCUT2D eigenvalue weighted by Gasteiger charge is 2.18. The van der Waals surface area contributed by atoms with Crippen molar-refractivity contribution >= 4 is 33.6 Å². The van der Waals surface area contributed by atoms with Crippen LogP contribution >= 0.6 is 15.9 Å². The van der Waals surface area contributed by atoms with Gasteiger partial charge in [0.1, 0.15) is 0 Å². The number of halogens is 1. The topological polar surface area (TPSA) is 124 Å². The summed E-state index contributed by atoms with van der Waals surface area (Å²) in [5, 5.41) is 25.7. The number of nitrogens with zero attached hydrogens (tertiary/aromatic N) is 3. The Balaban J connectivity index is 0.000000469. The number of carboxylic acid groups (broad SMARTS) is 2. The van der Waals surface area contributed by atoms with E-state index in [-0.39, 0.29) is 10.6 Å². The predicted molar refractivity (Wildman–Crippen MR) is 113 cm³/mol. The molecule has 0 atom stereocenters. The Morgan fingerprint density at radius 2 is 1.37 bits per heavy atom. The van der Waals surface area contributed by atoms with Crippen LogP contribution in [0.25, 0.3) is 0 Å². The molecule has 1 aliphatic rings. The van der Waals surface area contributed by atoms with Crippen molar-refractivity contribution in [3.8, 4) is 0 Å². The first kappa shape index (κ1) is 23.5. The molecule has 1 saturated heterocycles. The molecule has 2 aromatic rings. The lowest BCUT2D eigenvalue weighted by Crippen LogP contribution is -2.45. The normalized spacial score (nSPS) is 14.4. The third-order valence-corrected chi connectivity index (χ3v) is 4.96. The molecule has 2 N–H and O–H groups in total. The fourth-order valence-corrected chi connectivity index (χ4v) is 3.47. The van der Waals surface area contributed by atoms with Gasteiger partial charge in [0.05, 0.1) is 4.92 Å². The van der Waals surface area contributed by atoms with Gasteiger partial charge in [-0.05, 0) is 23.3 Å². The van der Waals surface area contributed by atoms with Gasteiger partial charge in [-0.1, -0.05) is 40.2 Å². The minimum absolute atomic E-state index is 0.167. The van der Waals surface area contributed by atoms with Crippen molar-refractivity contribution in [2.45, 2.75) is 13.1 Å². The predicted octanol–water partition coefficient (Wildman–Crippen LogP) is 2.83. The highest BCUT2D eigenvalue weighted by Crippen LogP contribution is 2.17. The number of rotatable bonds is 5. The molecule has 1 fully saturated rings. The molecular formula is C20H22BrN3O6. The summed E-state index contributed by atoms with van der Waals surface area (Å²) in [6.45, 7) is 5.73. The van der Waals surface area contributed by atoms with Crippen molar-refractivity contribution in [2.24, 2.45) is 0 Å². The Morgan fingerprint density at radius 3 is 1.80 bits per heavy atom. The minimum atomic E-state index is -1.82. The zero-order valence-electron chi connectivity index (χ0n) is 16.1. The Kier molecular flexibility index (Phi) is 8.90. The van der Waals surface area contributed by atoms with E-state index >= 15 is 0 Å². The lowest BCUT2D eigenvalue weighted by molar-refractivity contribution is -0.384. The second-order valence-corrected chi connectivity index (χ2v) is 7.64. The van der Waals surface area contributed by atoms with Crippen LogP contribution < -0.4 is 0 Å². The van der Waals surface area contributed by atoms with Crippen LogP contribution in [-0.4, -0.2) is 63.1 Å². The number of nitro benzene ring substituents is 1. The summed E-state index contributed by atoms with van der Waals surface area (Å²) in [6, 6.07) is 15.4. The van der Waals surface area contributed by atoms with Crippen LogP contribution in [0.1, 0.15) is 11.1 Å². The highest BCUT2D eigenvalue weighted by atomic mass is 79.9. The number of non-ortho nitro benzene ring substituents is 1. The van der Waals surface area contributed by atoms with E-state index in [2.05, 4.69) is 43.9 Å². The standard InChI is InChI=1S/C18H20BrN3O2.C2H2O4/c19-17-5-1-3-15(11-17)13-20-7-9-21(10-8-20)14-16-4-2-6-18(12-16)22(23)24;3-1(4)2(5)6/h1-6,11-12H,7-10,13-14H2;(H,3,4)(H,5,6). The number of nitro groups is 1. The first-order valence-electron chi connectivity index (χ1n) is 9.13. The van der Waals surface area contributed by atoms with E-state index in [0.717, 1.165) is 49.3 Å². The van der Waals surface area contributed by atoms with Crippen molar-refractivity contribution in [1.29, 1.82) is 0 Å². The Bertz CT molecular complexity index is 888. The van der Waals surface area contributed by atoms with Crippen molar-refractivity contribution in [2.75, 3.05) is 26.2 Å². The molecule has 0 saturated carbocycles. The maximum absolute atomic E-state index is 10.9. The smallest absolute Gasteiger partial charge is 0.414 e. The number of hydrogen-bond donors (Lipinski definition) is 2. The SMILES string of the molecule is O=C(O)C(=O)O.O=[N+]([O-])c1cccc(CN2CCN(Cc3cccc(Br)c3)CC2)c1. The molecule has 1 heterocycles. The Morgan fingerprint density at radius 1 is 0.900 bits per heavy atom. The lowest BCUT2D eigenvalue weighted by atomic mass is 10.1. The Hall–Kier alpha value is -2.82. The highest BCUT2D eigenvalue weighted by molar-refractivity contribution is 9.10. The molecule has 0 aromatic heterocycles. The molecule has 160 valence electrons. The fraction of sp³-hybridized carbons (Fsp3) is 0.300. The zero-order valence-corrected chi connectivity index (χ0v) is 17.7. The molecule has 3 rings (SSSR count). The maximum atomic E-state index is 10.9. The molecular weight excluding hydrogens is 458 g/mol. The molecule has 0 spiro atoms. The zero-order chi connectivity index (χ0) is 22.1. The van der Waals surface area contributed by atoms with Gasteiger partial charge in [-0.3, -0.25) is 19.9 Å². The first-order chi connectivity index (χ1) is 14.2. The molecule has 30 heavy (non-hydrogen) atoms. The van der Waals surface area contributed by atoms with Crippen molar-refractivity contribution in [3.63, 3.8) is 0 Å². The minimum Gasteiger partial charge on any atom is -0.473 e. The van der Waals surface area contributed by atoms with E-state index in [1.807, 2.05) is 12.1 Å².